The topological polar surface area (TPSA) is 55.8 Å². The van der Waals surface area contributed by atoms with Crippen LogP contribution in [0.3, 0.4) is 0 Å². The van der Waals surface area contributed by atoms with Crippen LogP contribution in [0.15, 0.2) is 65.4 Å². The molecule has 0 bridgehead atoms. The number of aryl methyl sites for hydroxylation is 1. The fraction of sp³-hybridized carbons (Fsp3) is 0.391. The number of hydrogen-bond acceptors (Lipinski definition) is 4. The Morgan fingerprint density at radius 2 is 1.66 bits per heavy atom. The van der Waals surface area contributed by atoms with Gasteiger partial charge in [0.15, 0.2) is 0 Å². The summed E-state index contributed by atoms with van der Waals surface area (Å²) in [6.07, 6.45) is 1.89. The van der Waals surface area contributed by atoms with E-state index < -0.39 is 16.1 Å². The number of sulfonamides is 1. The van der Waals surface area contributed by atoms with Gasteiger partial charge in [0.2, 0.25) is 0 Å². The van der Waals surface area contributed by atoms with Crippen molar-refractivity contribution >= 4 is 10.0 Å². The Morgan fingerprint density at radius 3 is 2.21 bits per heavy atom. The number of ether oxygens (including phenoxy) is 2. The van der Waals surface area contributed by atoms with E-state index in [1.54, 1.807) is 32.4 Å². The number of hydrogen-bond donors (Lipinski definition) is 0. The van der Waals surface area contributed by atoms with E-state index in [9.17, 15) is 8.42 Å². The van der Waals surface area contributed by atoms with Gasteiger partial charge >= 0.3 is 0 Å². The molecule has 29 heavy (non-hydrogen) atoms. The average molecular weight is 416 g/mol. The summed E-state index contributed by atoms with van der Waals surface area (Å²) in [4.78, 5) is 0.288. The van der Waals surface area contributed by atoms with Crippen LogP contribution in [0.25, 0.3) is 0 Å². The summed E-state index contributed by atoms with van der Waals surface area (Å²) in [5.41, 5.74) is 1.94. The molecule has 0 spiro atoms. The minimum atomic E-state index is -3.71. The van der Waals surface area contributed by atoms with Gasteiger partial charge in [-0.25, -0.2) is 8.42 Å². The van der Waals surface area contributed by atoms with Crippen LogP contribution in [-0.4, -0.2) is 25.9 Å². The molecule has 0 saturated carbocycles. The first-order chi connectivity index (χ1) is 13.7. The zero-order chi connectivity index (χ0) is 21.2. The summed E-state index contributed by atoms with van der Waals surface area (Å²) in [5.74, 6) is 1.62. The minimum Gasteiger partial charge on any atom is -0.497 e. The lowest BCUT2D eigenvalue weighted by Crippen LogP contribution is -2.44. The molecule has 6 heteroatoms. The van der Waals surface area contributed by atoms with Gasteiger partial charge in [0, 0.05) is 0 Å². The van der Waals surface area contributed by atoms with E-state index in [2.05, 4.69) is 13.8 Å². The number of nitrogens with zero attached hydrogens (tertiary/aromatic N) is 1. The molecular formula is C23H29NO4S. The summed E-state index contributed by atoms with van der Waals surface area (Å²) in [6.45, 7) is 7.91. The van der Waals surface area contributed by atoms with Gasteiger partial charge < -0.3 is 9.47 Å². The molecule has 3 rings (SSSR count). The number of rotatable bonds is 6. The second-order valence-corrected chi connectivity index (χ2v) is 9.74. The van der Waals surface area contributed by atoms with Crippen LogP contribution in [-0.2, 0) is 14.8 Å². The Hall–Kier alpha value is -2.47. The molecule has 0 unspecified atom stereocenters. The Kier molecular flexibility index (Phi) is 6.22. The van der Waals surface area contributed by atoms with E-state index in [-0.39, 0.29) is 10.9 Å². The van der Waals surface area contributed by atoms with Crippen LogP contribution in [0, 0.1) is 12.8 Å². The predicted molar refractivity (Wildman–Crippen MR) is 114 cm³/mol. The highest BCUT2D eigenvalue weighted by molar-refractivity contribution is 7.89. The third-order valence-electron chi connectivity index (χ3n) is 5.05. The lowest BCUT2D eigenvalue weighted by molar-refractivity contribution is 0.0300. The van der Waals surface area contributed by atoms with Gasteiger partial charge in [0.1, 0.15) is 17.6 Å². The monoisotopic (exact) mass is 415 g/mol. The summed E-state index contributed by atoms with van der Waals surface area (Å²) in [7, 11) is -2.09. The van der Waals surface area contributed by atoms with Gasteiger partial charge in [-0.05, 0) is 56.0 Å². The summed E-state index contributed by atoms with van der Waals surface area (Å²) in [5, 5.41) is 0. The zero-order valence-corrected chi connectivity index (χ0v) is 18.4. The van der Waals surface area contributed by atoms with E-state index >= 15 is 0 Å². The minimum absolute atomic E-state index is 0.288. The molecular weight excluding hydrogens is 386 g/mol. The van der Waals surface area contributed by atoms with Crippen molar-refractivity contribution in [1.82, 2.24) is 4.31 Å². The Labute approximate surface area is 174 Å². The smallest absolute Gasteiger partial charge is 0.264 e. The quantitative estimate of drug-likeness (QED) is 0.663. The van der Waals surface area contributed by atoms with Gasteiger partial charge in [0.25, 0.3) is 10.0 Å². The van der Waals surface area contributed by atoms with Crippen LogP contribution in [0.5, 0.6) is 5.75 Å². The molecule has 156 valence electrons. The molecule has 1 heterocycles. The molecule has 2 aromatic carbocycles. The molecule has 0 N–H and O–H groups in total. The van der Waals surface area contributed by atoms with Crippen LogP contribution in [0.4, 0.5) is 0 Å². The second-order valence-electron chi connectivity index (χ2n) is 7.90. The van der Waals surface area contributed by atoms with E-state index in [0.717, 1.165) is 16.9 Å². The maximum Gasteiger partial charge on any atom is 0.264 e. The first-order valence-corrected chi connectivity index (χ1v) is 11.3. The van der Waals surface area contributed by atoms with Crippen molar-refractivity contribution in [3.05, 3.63) is 71.6 Å². The van der Waals surface area contributed by atoms with E-state index in [4.69, 9.17) is 9.47 Å². The largest absolute Gasteiger partial charge is 0.497 e. The lowest BCUT2D eigenvalue weighted by atomic mass is 9.93. The predicted octanol–water partition coefficient (Wildman–Crippen LogP) is 5.04. The molecule has 0 radical (unpaired) electrons. The van der Waals surface area contributed by atoms with Crippen LogP contribution in [0.2, 0.25) is 0 Å². The molecule has 0 amide bonds. The molecule has 1 aliphatic rings. The van der Waals surface area contributed by atoms with E-state index in [1.165, 1.54) is 4.31 Å². The Bertz CT molecular complexity index is 963. The highest BCUT2D eigenvalue weighted by atomic mass is 32.2. The molecule has 2 atom stereocenters. The van der Waals surface area contributed by atoms with Gasteiger partial charge in [-0.2, -0.15) is 0 Å². The van der Waals surface area contributed by atoms with Gasteiger partial charge in [0.05, 0.1) is 24.2 Å². The third-order valence-corrected chi connectivity index (χ3v) is 6.85. The standard InChI is InChI=1S/C23H29NO4S/c1-16(2)14-22-23(19-8-10-20(27-5)11-9-19)28-18(4)15-24(22)29(25,26)21-12-6-17(3)7-13-21/h6-13,15-16,22-23H,14H2,1-5H3/t22-,23+/m1/s1. The van der Waals surface area contributed by atoms with Gasteiger partial charge in [-0.1, -0.05) is 43.7 Å². The highest BCUT2D eigenvalue weighted by Gasteiger charge is 2.39. The molecule has 0 aliphatic carbocycles. The van der Waals surface area contributed by atoms with Crippen molar-refractivity contribution in [3.8, 4) is 5.75 Å². The maximum absolute atomic E-state index is 13.5. The van der Waals surface area contributed by atoms with Crippen molar-refractivity contribution in [1.29, 1.82) is 0 Å². The zero-order valence-electron chi connectivity index (χ0n) is 17.6. The SMILES string of the molecule is COc1ccc([C@@H]2OC(C)=CN(S(=O)(=O)c3ccc(C)cc3)[C@@H]2CC(C)C)cc1. The highest BCUT2D eigenvalue weighted by Crippen LogP contribution is 2.38. The third kappa shape index (κ3) is 4.58. The summed E-state index contributed by atoms with van der Waals surface area (Å²) >= 11 is 0. The van der Waals surface area contributed by atoms with Crippen LogP contribution in [0.1, 0.15) is 44.4 Å². The fourth-order valence-electron chi connectivity index (χ4n) is 3.59. The summed E-state index contributed by atoms with van der Waals surface area (Å²) in [6, 6.07) is 14.2. The van der Waals surface area contributed by atoms with Crippen molar-refractivity contribution in [2.24, 2.45) is 5.92 Å². The van der Waals surface area contributed by atoms with Crippen molar-refractivity contribution in [2.75, 3.05) is 7.11 Å². The average Bonchev–Trinajstić information content (AvgIpc) is 2.69. The van der Waals surface area contributed by atoms with Gasteiger partial charge in [-0.3, -0.25) is 4.31 Å². The second kappa shape index (κ2) is 8.49. The molecule has 5 nitrogen and oxygen atoms in total. The molecule has 0 fully saturated rings. The number of methoxy groups -OCH3 is 1. The maximum atomic E-state index is 13.5. The number of allylic oxidation sites excluding steroid dienone is 1. The fourth-order valence-corrected chi connectivity index (χ4v) is 5.16. The van der Waals surface area contributed by atoms with Crippen LogP contribution < -0.4 is 4.74 Å². The van der Waals surface area contributed by atoms with E-state index in [0.29, 0.717) is 18.1 Å². The normalized spacial score (nSPS) is 19.7. The molecule has 1 aliphatic heterocycles. The first kappa shape index (κ1) is 21.2. The Balaban J connectivity index is 2.06. The van der Waals surface area contributed by atoms with Crippen LogP contribution >= 0.6 is 0 Å². The van der Waals surface area contributed by atoms with Gasteiger partial charge in [-0.15, -0.1) is 0 Å². The van der Waals surface area contributed by atoms with Crippen molar-refractivity contribution < 1.29 is 17.9 Å². The lowest BCUT2D eigenvalue weighted by Gasteiger charge is -2.40. The Morgan fingerprint density at radius 1 is 1.03 bits per heavy atom. The van der Waals surface area contributed by atoms with E-state index in [1.807, 2.05) is 43.3 Å². The number of benzene rings is 2. The molecule has 0 saturated heterocycles. The molecule has 2 aromatic rings. The summed E-state index contributed by atoms with van der Waals surface area (Å²) < 4.78 is 39.9. The molecule has 0 aromatic heterocycles. The first-order valence-electron chi connectivity index (χ1n) is 9.81. The van der Waals surface area contributed by atoms with Crippen molar-refractivity contribution in [3.63, 3.8) is 0 Å². The van der Waals surface area contributed by atoms with Crippen molar-refractivity contribution in [2.45, 2.75) is 51.2 Å².